The van der Waals surface area contributed by atoms with Gasteiger partial charge in [-0.3, -0.25) is 0 Å². The van der Waals surface area contributed by atoms with Crippen molar-refractivity contribution in [2.45, 2.75) is 39.5 Å². The Hall–Kier alpha value is 0.730. The van der Waals surface area contributed by atoms with Crippen LogP contribution in [0, 0.1) is 3.92 Å². The second kappa shape index (κ2) is 5.86. The van der Waals surface area contributed by atoms with Gasteiger partial charge in [0.2, 0.25) is 0 Å². The Labute approximate surface area is 66.2 Å². The highest BCUT2D eigenvalue weighted by Crippen LogP contribution is 2.17. The zero-order valence-corrected chi connectivity index (χ0v) is 7.86. The summed E-state index contributed by atoms with van der Waals surface area (Å²) in [5.41, 5.74) is 0. The molecule has 0 aromatic heterocycles. The maximum Gasteiger partial charge on any atom is 0.0337 e. The van der Waals surface area contributed by atoms with E-state index in [2.05, 4.69) is 36.4 Å². The molecule has 1 heteroatoms. The molecule has 0 aromatic rings. The highest BCUT2D eigenvalue weighted by atomic mass is 127. The molecule has 0 saturated carbocycles. The summed E-state index contributed by atoms with van der Waals surface area (Å²) < 4.78 is 1.54. The van der Waals surface area contributed by atoms with Crippen LogP contribution in [-0.4, -0.2) is 0 Å². The molecule has 0 fully saturated rings. The number of hydrogen-bond donors (Lipinski definition) is 0. The average Bonchev–Trinajstić information content (AvgIpc) is 1.66. The van der Waals surface area contributed by atoms with Gasteiger partial charge in [-0.2, -0.15) is 0 Å². The minimum atomic E-state index is 1.31. The summed E-state index contributed by atoms with van der Waals surface area (Å²) in [6.45, 7) is 4.43. The van der Waals surface area contributed by atoms with Gasteiger partial charge in [0.05, 0.1) is 0 Å². The van der Waals surface area contributed by atoms with Crippen LogP contribution in [0.15, 0.2) is 0 Å². The Morgan fingerprint density at radius 2 is 2.00 bits per heavy atom. The van der Waals surface area contributed by atoms with Crippen molar-refractivity contribution in [3.63, 3.8) is 0 Å². The number of unbranched alkanes of at least 4 members (excludes halogenated alkanes) is 2. The van der Waals surface area contributed by atoms with Crippen LogP contribution in [0.2, 0.25) is 0 Å². The Morgan fingerprint density at radius 3 is 2.38 bits per heavy atom. The fourth-order valence-corrected chi connectivity index (χ4v) is 1.000. The quantitative estimate of drug-likeness (QED) is 0.507. The van der Waals surface area contributed by atoms with E-state index in [1.165, 1.54) is 29.6 Å². The van der Waals surface area contributed by atoms with Gasteiger partial charge in [0.15, 0.2) is 0 Å². The summed E-state index contributed by atoms with van der Waals surface area (Å²) >= 11 is 2.40. The third-order valence-electron chi connectivity index (χ3n) is 1.12. The van der Waals surface area contributed by atoms with Gasteiger partial charge >= 0.3 is 0 Å². The van der Waals surface area contributed by atoms with Crippen molar-refractivity contribution < 1.29 is 0 Å². The molecule has 0 aliphatic carbocycles. The minimum Gasteiger partial charge on any atom is -0.0777 e. The van der Waals surface area contributed by atoms with Crippen molar-refractivity contribution in [2.75, 3.05) is 0 Å². The third kappa shape index (κ3) is 6.73. The number of hydrogen-bond acceptors (Lipinski definition) is 0. The van der Waals surface area contributed by atoms with Crippen molar-refractivity contribution >= 4 is 22.6 Å². The topological polar surface area (TPSA) is 0 Å². The van der Waals surface area contributed by atoms with Gasteiger partial charge in [-0.05, 0) is 13.3 Å². The molecule has 0 unspecified atom stereocenters. The van der Waals surface area contributed by atoms with Crippen molar-refractivity contribution in [3.05, 3.63) is 3.92 Å². The summed E-state index contributed by atoms with van der Waals surface area (Å²) in [4.78, 5) is 0. The van der Waals surface area contributed by atoms with Crippen molar-refractivity contribution in [1.29, 1.82) is 0 Å². The van der Waals surface area contributed by atoms with E-state index in [1.54, 1.807) is 0 Å². The van der Waals surface area contributed by atoms with Crippen LogP contribution in [-0.2, 0) is 0 Å². The molecular formula is C7H14I. The van der Waals surface area contributed by atoms with E-state index in [-0.39, 0.29) is 0 Å². The Morgan fingerprint density at radius 1 is 1.38 bits per heavy atom. The van der Waals surface area contributed by atoms with E-state index in [4.69, 9.17) is 0 Å². The normalized spacial score (nSPS) is 10.5. The summed E-state index contributed by atoms with van der Waals surface area (Å²) in [5.74, 6) is 0. The molecule has 0 heterocycles. The highest BCUT2D eigenvalue weighted by Gasteiger charge is 1.93. The molecule has 0 aromatic carbocycles. The smallest absolute Gasteiger partial charge is 0.0337 e. The lowest BCUT2D eigenvalue weighted by Gasteiger charge is -1.98. The molecule has 0 nitrogen and oxygen atoms in total. The molecule has 0 spiro atoms. The van der Waals surface area contributed by atoms with Crippen LogP contribution in [0.25, 0.3) is 0 Å². The summed E-state index contributed by atoms with van der Waals surface area (Å²) in [7, 11) is 0. The minimum absolute atomic E-state index is 1.31. The largest absolute Gasteiger partial charge is 0.0777 e. The van der Waals surface area contributed by atoms with Crippen LogP contribution in [0.4, 0.5) is 0 Å². The van der Waals surface area contributed by atoms with Gasteiger partial charge in [0.1, 0.15) is 0 Å². The summed E-state index contributed by atoms with van der Waals surface area (Å²) in [6, 6.07) is 0. The van der Waals surface area contributed by atoms with Gasteiger partial charge in [-0.25, -0.2) is 0 Å². The number of halogens is 1. The molecule has 0 aliphatic rings. The molecule has 0 rings (SSSR count). The first-order chi connectivity index (χ1) is 3.77. The first-order valence-corrected chi connectivity index (χ1v) is 4.33. The zero-order chi connectivity index (χ0) is 6.41. The standard InChI is InChI=1S/C7H14I/c1-3-4-5-6-7(2)8/h3-6H2,1-2H3. The fraction of sp³-hybridized carbons (Fsp3) is 0.857. The van der Waals surface area contributed by atoms with Gasteiger partial charge < -0.3 is 0 Å². The molecule has 8 heavy (non-hydrogen) atoms. The molecular weight excluding hydrogens is 211 g/mol. The molecule has 0 aliphatic heterocycles. The van der Waals surface area contributed by atoms with Gasteiger partial charge in [0, 0.05) is 3.92 Å². The molecule has 0 amide bonds. The SMILES string of the molecule is CCCCC[C](C)I. The molecule has 1 radical (unpaired) electrons. The maximum atomic E-state index is 2.40. The fourth-order valence-electron chi connectivity index (χ4n) is 0.619. The van der Waals surface area contributed by atoms with E-state index in [0.29, 0.717) is 0 Å². The summed E-state index contributed by atoms with van der Waals surface area (Å²) in [6.07, 6.45) is 5.42. The average molecular weight is 225 g/mol. The van der Waals surface area contributed by atoms with E-state index in [9.17, 15) is 0 Å². The second-order valence-electron chi connectivity index (χ2n) is 2.13. The monoisotopic (exact) mass is 225 g/mol. The molecule has 0 saturated heterocycles. The first kappa shape index (κ1) is 8.73. The van der Waals surface area contributed by atoms with Crippen LogP contribution < -0.4 is 0 Å². The van der Waals surface area contributed by atoms with Crippen LogP contribution in [0.5, 0.6) is 0 Å². The van der Waals surface area contributed by atoms with Crippen LogP contribution in [0.1, 0.15) is 39.5 Å². The zero-order valence-electron chi connectivity index (χ0n) is 5.71. The third-order valence-corrected chi connectivity index (χ3v) is 1.66. The predicted molar refractivity (Wildman–Crippen MR) is 47.1 cm³/mol. The Balaban J connectivity index is 2.72. The Kier molecular flexibility index (Phi) is 6.39. The van der Waals surface area contributed by atoms with E-state index in [1.807, 2.05) is 0 Å². The van der Waals surface area contributed by atoms with Crippen LogP contribution >= 0.6 is 22.6 Å². The first-order valence-electron chi connectivity index (χ1n) is 3.25. The van der Waals surface area contributed by atoms with E-state index >= 15 is 0 Å². The van der Waals surface area contributed by atoms with Crippen LogP contribution in [0.3, 0.4) is 0 Å². The molecule has 49 valence electrons. The summed E-state index contributed by atoms with van der Waals surface area (Å²) in [5, 5.41) is 0. The van der Waals surface area contributed by atoms with E-state index < -0.39 is 0 Å². The highest BCUT2D eigenvalue weighted by molar-refractivity contribution is 14.1. The van der Waals surface area contributed by atoms with Gasteiger partial charge in [0.25, 0.3) is 0 Å². The maximum absolute atomic E-state index is 2.40. The van der Waals surface area contributed by atoms with Crippen molar-refractivity contribution in [2.24, 2.45) is 0 Å². The predicted octanol–water partition coefficient (Wildman–Crippen LogP) is 3.55. The number of rotatable bonds is 4. The van der Waals surface area contributed by atoms with Crippen molar-refractivity contribution in [3.8, 4) is 0 Å². The molecule has 0 atom stereocenters. The molecule has 0 N–H and O–H groups in total. The lowest BCUT2D eigenvalue weighted by Crippen LogP contribution is -1.78. The second-order valence-corrected chi connectivity index (χ2v) is 3.97. The Bertz CT molecular complexity index is 41.7. The lowest BCUT2D eigenvalue weighted by molar-refractivity contribution is 0.707. The van der Waals surface area contributed by atoms with Crippen molar-refractivity contribution in [1.82, 2.24) is 0 Å². The van der Waals surface area contributed by atoms with E-state index in [0.717, 1.165) is 0 Å². The molecule has 0 bridgehead atoms. The lowest BCUT2D eigenvalue weighted by atomic mass is 10.2. The van der Waals surface area contributed by atoms with Gasteiger partial charge in [-0.15, -0.1) is 0 Å². The van der Waals surface area contributed by atoms with Gasteiger partial charge in [-0.1, -0.05) is 48.8 Å².